The number of amides is 1. The summed E-state index contributed by atoms with van der Waals surface area (Å²) in [5, 5.41) is 12.9. The molecular formula is C13H20BrN3O3. The molecule has 1 amide bonds. The van der Waals surface area contributed by atoms with E-state index in [-0.39, 0.29) is 11.5 Å². The van der Waals surface area contributed by atoms with Gasteiger partial charge >= 0.3 is 0 Å². The highest BCUT2D eigenvalue weighted by molar-refractivity contribution is 9.10. The molecule has 1 aromatic rings. The molecule has 0 radical (unpaired) electrons. The van der Waals surface area contributed by atoms with Crippen molar-refractivity contribution in [2.45, 2.75) is 6.04 Å². The number of phenolic OH excluding ortho intramolecular Hbond substituents is 1. The fourth-order valence-electron chi connectivity index (χ4n) is 1.73. The number of hydrogen-bond donors (Lipinski definition) is 3. The van der Waals surface area contributed by atoms with Gasteiger partial charge in [0, 0.05) is 13.1 Å². The Hall–Kier alpha value is -1.31. The standard InChI is InChI=1S/C13H20BrN3O3/c1-17(2)5-4-16-11(13(15)19)8-6-9(14)12(18)10(7-8)20-3/h6-7,11,16,18H,4-5H2,1-3H3,(H2,15,19). The average Bonchev–Trinajstić information content (AvgIpc) is 2.37. The van der Waals surface area contributed by atoms with Crippen molar-refractivity contribution >= 4 is 21.8 Å². The second-order valence-electron chi connectivity index (χ2n) is 4.65. The van der Waals surface area contributed by atoms with Crippen LogP contribution in [0.15, 0.2) is 16.6 Å². The molecular weight excluding hydrogens is 326 g/mol. The van der Waals surface area contributed by atoms with Gasteiger partial charge in [-0.05, 0) is 47.7 Å². The number of nitrogens with two attached hydrogens (primary N) is 1. The predicted octanol–water partition coefficient (Wildman–Crippen LogP) is 0.841. The Morgan fingerprint density at radius 2 is 2.20 bits per heavy atom. The minimum Gasteiger partial charge on any atom is -0.503 e. The number of ether oxygens (including phenoxy) is 1. The number of likely N-dealkylation sites (N-methyl/N-ethyl adjacent to an activating group) is 1. The van der Waals surface area contributed by atoms with E-state index in [1.807, 2.05) is 19.0 Å². The number of phenols is 1. The van der Waals surface area contributed by atoms with Crippen LogP contribution in [-0.4, -0.2) is 50.2 Å². The lowest BCUT2D eigenvalue weighted by molar-refractivity contribution is -0.120. The Labute approximate surface area is 127 Å². The van der Waals surface area contributed by atoms with Crippen LogP contribution in [0.25, 0.3) is 0 Å². The van der Waals surface area contributed by atoms with Gasteiger partial charge in [-0.3, -0.25) is 4.79 Å². The number of rotatable bonds is 7. The first-order valence-electron chi connectivity index (χ1n) is 6.10. The number of halogens is 1. The lowest BCUT2D eigenvalue weighted by atomic mass is 10.1. The predicted molar refractivity (Wildman–Crippen MR) is 80.9 cm³/mol. The number of aromatic hydroxyl groups is 1. The molecule has 1 unspecified atom stereocenters. The van der Waals surface area contributed by atoms with Gasteiger partial charge in [-0.25, -0.2) is 0 Å². The summed E-state index contributed by atoms with van der Waals surface area (Å²) in [5.41, 5.74) is 6.07. The van der Waals surface area contributed by atoms with E-state index in [0.717, 1.165) is 6.54 Å². The van der Waals surface area contributed by atoms with Crippen molar-refractivity contribution in [1.29, 1.82) is 0 Å². The highest BCUT2D eigenvalue weighted by Gasteiger charge is 2.20. The Kier molecular flexibility index (Phi) is 6.25. The lowest BCUT2D eigenvalue weighted by Gasteiger charge is -2.19. The van der Waals surface area contributed by atoms with E-state index in [4.69, 9.17) is 10.5 Å². The molecule has 6 nitrogen and oxygen atoms in total. The molecule has 1 aromatic carbocycles. The van der Waals surface area contributed by atoms with Gasteiger partial charge < -0.3 is 25.8 Å². The third-order valence-electron chi connectivity index (χ3n) is 2.80. The lowest BCUT2D eigenvalue weighted by Crippen LogP contribution is -2.37. The van der Waals surface area contributed by atoms with Crippen LogP contribution in [0.5, 0.6) is 11.5 Å². The van der Waals surface area contributed by atoms with Gasteiger partial charge in [-0.1, -0.05) is 0 Å². The molecule has 0 aliphatic heterocycles. The van der Waals surface area contributed by atoms with Crippen LogP contribution in [0, 0.1) is 0 Å². The average molecular weight is 346 g/mol. The van der Waals surface area contributed by atoms with Gasteiger partial charge in [-0.2, -0.15) is 0 Å². The van der Waals surface area contributed by atoms with Crippen LogP contribution in [0.3, 0.4) is 0 Å². The van der Waals surface area contributed by atoms with Crippen molar-refractivity contribution in [3.8, 4) is 11.5 Å². The summed E-state index contributed by atoms with van der Waals surface area (Å²) in [6, 6.07) is 2.61. The summed E-state index contributed by atoms with van der Waals surface area (Å²) >= 11 is 3.23. The number of primary amides is 1. The minimum atomic E-state index is -0.638. The number of methoxy groups -OCH3 is 1. The minimum absolute atomic E-state index is 0.00670. The second kappa shape index (κ2) is 7.47. The monoisotopic (exact) mass is 345 g/mol. The third kappa shape index (κ3) is 4.36. The third-order valence-corrected chi connectivity index (χ3v) is 3.40. The van der Waals surface area contributed by atoms with Crippen LogP contribution in [0.1, 0.15) is 11.6 Å². The van der Waals surface area contributed by atoms with E-state index in [1.54, 1.807) is 12.1 Å². The number of nitrogens with zero attached hydrogens (tertiary/aromatic N) is 1. The fraction of sp³-hybridized carbons (Fsp3) is 0.462. The number of benzene rings is 1. The van der Waals surface area contributed by atoms with Crippen molar-refractivity contribution in [2.24, 2.45) is 5.73 Å². The van der Waals surface area contributed by atoms with Crippen molar-refractivity contribution in [3.05, 3.63) is 22.2 Å². The molecule has 0 aromatic heterocycles. The maximum Gasteiger partial charge on any atom is 0.239 e. The number of carbonyl (C=O) groups excluding carboxylic acids is 1. The largest absolute Gasteiger partial charge is 0.503 e. The van der Waals surface area contributed by atoms with Crippen molar-refractivity contribution in [3.63, 3.8) is 0 Å². The summed E-state index contributed by atoms with van der Waals surface area (Å²) in [4.78, 5) is 13.6. The van der Waals surface area contributed by atoms with E-state index < -0.39 is 11.9 Å². The van der Waals surface area contributed by atoms with Gasteiger partial charge in [0.25, 0.3) is 0 Å². The molecule has 20 heavy (non-hydrogen) atoms. The Balaban J connectivity index is 2.97. The van der Waals surface area contributed by atoms with Crippen LogP contribution in [0.2, 0.25) is 0 Å². The molecule has 0 spiro atoms. The molecule has 4 N–H and O–H groups in total. The molecule has 0 fully saturated rings. The molecule has 0 bridgehead atoms. The highest BCUT2D eigenvalue weighted by atomic mass is 79.9. The summed E-state index contributed by atoms with van der Waals surface area (Å²) in [6.45, 7) is 1.39. The molecule has 0 aliphatic carbocycles. The SMILES string of the molecule is COc1cc(C(NCCN(C)C)C(N)=O)cc(Br)c1O. The van der Waals surface area contributed by atoms with Gasteiger partial charge in [0.2, 0.25) is 5.91 Å². The fourth-order valence-corrected chi connectivity index (χ4v) is 2.19. The van der Waals surface area contributed by atoms with Crippen molar-refractivity contribution < 1.29 is 14.6 Å². The zero-order valence-corrected chi connectivity index (χ0v) is 13.4. The van der Waals surface area contributed by atoms with Gasteiger partial charge in [0.05, 0.1) is 11.6 Å². The maximum absolute atomic E-state index is 11.6. The van der Waals surface area contributed by atoms with E-state index >= 15 is 0 Å². The van der Waals surface area contributed by atoms with E-state index in [2.05, 4.69) is 21.2 Å². The quantitative estimate of drug-likeness (QED) is 0.681. The summed E-state index contributed by atoms with van der Waals surface area (Å²) in [7, 11) is 5.34. The van der Waals surface area contributed by atoms with E-state index in [0.29, 0.717) is 16.6 Å². The van der Waals surface area contributed by atoms with Gasteiger partial charge in [0.15, 0.2) is 11.5 Å². The molecule has 112 valence electrons. The Morgan fingerprint density at radius 1 is 1.55 bits per heavy atom. The Morgan fingerprint density at radius 3 is 2.70 bits per heavy atom. The van der Waals surface area contributed by atoms with Crippen LogP contribution < -0.4 is 15.8 Å². The smallest absolute Gasteiger partial charge is 0.239 e. The zero-order chi connectivity index (χ0) is 15.3. The second-order valence-corrected chi connectivity index (χ2v) is 5.50. The number of hydrogen-bond acceptors (Lipinski definition) is 5. The van der Waals surface area contributed by atoms with E-state index in [1.165, 1.54) is 7.11 Å². The first-order chi connectivity index (χ1) is 9.36. The molecule has 0 saturated carbocycles. The summed E-state index contributed by atoms with van der Waals surface area (Å²) in [6.07, 6.45) is 0. The summed E-state index contributed by atoms with van der Waals surface area (Å²) in [5.74, 6) is -0.203. The van der Waals surface area contributed by atoms with Gasteiger partial charge in [-0.15, -0.1) is 0 Å². The van der Waals surface area contributed by atoms with Crippen molar-refractivity contribution in [2.75, 3.05) is 34.3 Å². The van der Waals surface area contributed by atoms with Crippen LogP contribution in [-0.2, 0) is 4.79 Å². The first kappa shape index (κ1) is 16.7. The highest BCUT2D eigenvalue weighted by Crippen LogP contribution is 2.36. The topological polar surface area (TPSA) is 87.8 Å². The van der Waals surface area contributed by atoms with E-state index in [9.17, 15) is 9.90 Å². The molecule has 7 heteroatoms. The van der Waals surface area contributed by atoms with Gasteiger partial charge in [0.1, 0.15) is 6.04 Å². The molecule has 0 heterocycles. The van der Waals surface area contributed by atoms with Crippen LogP contribution in [0.4, 0.5) is 0 Å². The van der Waals surface area contributed by atoms with Crippen LogP contribution >= 0.6 is 15.9 Å². The molecule has 1 rings (SSSR count). The summed E-state index contributed by atoms with van der Waals surface area (Å²) < 4.78 is 5.52. The Bertz CT molecular complexity index is 480. The maximum atomic E-state index is 11.6. The first-order valence-corrected chi connectivity index (χ1v) is 6.90. The normalized spacial score (nSPS) is 12.4. The number of nitrogens with one attached hydrogen (secondary N) is 1. The molecule has 1 atom stereocenters. The number of carbonyl (C=O) groups is 1. The molecule has 0 saturated heterocycles. The zero-order valence-electron chi connectivity index (χ0n) is 11.8. The van der Waals surface area contributed by atoms with Crippen molar-refractivity contribution in [1.82, 2.24) is 10.2 Å². The molecule has 0 aliphatic rings.